The number of hydrogen-bond acceptors (Lipinski definition) is 7. The van der Waals surface area contributed by atoms with E-state index in [4.69, 9.17) is 14.2 Å². The molecule has 0 aromatic carbocycles. The molecule has 0 aliphatic heterocycles. The van der Waals surface area contributed by atoms with Crippen molar-refractivity contribution in [2.75, 3.05) is 41.0 Å². The van der Waals surface area contributed by atoms with Crippen molar-refractivity contribution in [3.05, 3.63) is 36.5 Å². The van der Waals surface area contributed by atoms with Crippen LogP contribution < -0.4 is 5.11 Å². The van der Waals surface area contributed by atoms with Crippen molar-refractivity contribution >= 4 is 17.9 Å². The molecule has 0 aromatic rings. The zero-order chi connectivity index (χ0) is 35.7. The summed E-state index contributed by atoms with van der Waals surface area (Å²) in [4.78, 5) is 36.6. The smallest absolute Gasteiger partial charge is 0.306 e. The van der Waals surface area contributed by atoms with Gasteiger partial charge in [-0.05, 0) is 32.1 Å². The van der Waals surface area contributed by atoms with Crippen molar-refractivity contribution in [3.63, 3.8) is 0 Å². The number of aliphatic carboxylic acids is 1. The second kappa shape index (κ2) is 31.8. The van der Waals surface area contributed by atoms with Gasteiger partial charge in [-0.2, -0.15) is 0 Å². The van der Waals surface area contributed by atoms with Gasteiger partial charge < -0.3 is 28.6 Å². The Kier molecular flexibility index (Phi) is 30.2. The van der Waals surface area contributed by atoms with E-state index in [0.29, 0.717) is 12.8 Å². The van der Waals surface area contributed by atoms with Gasteiger partial charge in [0.1, 0.15) is 12.6 Å². The van der Waals surface area contributed by atoms with Gasteiger partial charge in [0.05, 0.1) is 40.3 Å². The second-order valence-electron chi connectivity index (χ2n) is 13.9. The fraction of sp³-hybridized carbons (Fsp3) is 0.775. The van der Waals surface area contributed by atoms with E-state index in [9.17, 15) is 19.5 Å². The maximum absolute atomic E-state index is 12.6. The number of esters is 2. The fourth-order valence-corrected chi connectivity index (χ4v) is 5.36. The third-order valence-corrected chi connectivity index (χ3v) is 8.35. The van der Waals surface area contributed by atoms with Gasteiger partial charge in [-0.25, -0.2) is 0 Å². The highest BCUT2D eigenvalue weighted by Gasteiger charge is 2.25. The van der Waals surface area contributed by atoms with E-state index < -0.39 is 18.1 Å². The molecule has 0 aliphatic carbocycles. The van der Waals surface area contributed by atoms with Crippen molar-refractivity contribution in [2.24, 2.45) is 0 Å². The van der Waals surface area contributed by atoms with Crippen molar-refractivity contribution in [1.82, 2.24) is 0 Å². The lowest BCUT2D eigenvalue weighted by atomic mass is 10.1. The largest absolute Gasteiger partial charge is 0.544 e. The monoisotopic (exact) mass is 678 g/mol. The molecule has 2 unspecified atom stereocenters. The topological polar surface area (TPSA) is 102 Å². The molecule has 0 heterocycles. The number of carboxylic acids is 1. The number of unbranched alkanes of at least 4 members (excludes halogenated alkanes) is 15. The molecule has 0 N–H and O–H groups in total. The lowest BCUT2D eigenvalue weighted by Crippen LogP contribution is -2.55. The third kappa shape index (κ3) is 29.7. The maximum atomic E-state index is 12.6. The highest BCUT2D eigenvalue weighted by Crippen LogP contribution is 2.14. The lowest BCUT2D eigenvalue weighted by molar-refractivity contribution is -0.889. The molecule has 0 fully saturated rings. The van der Waals surface area contributed by atoms with Crippen LogP contribution in [-0.2, 0) is 28.6 Å². The molecule has 0 radical (unpaired) electrons. The Bertz CT molecular complexity index is 891. The van der Waals surface area contributed by atoms with Crippen LogP contribution in [0.3, 0.4) is 0 Å². The zero-order valence-electron chi connectivity index (χ0n) is 31.4. The maximum Gasteiger partial charge on any atom is 0.306 e. The molecule has 48 heavy (non-hydrogen) atoms. The third-order valence-electron chi connectivity index (χ3n) is 8.35. The highest BCUT2D eigenvalue weighted by molar-refractivity contribution is 5.70. The van der Waals surface area contributed by atoms with Crippen LogP contribution in [0, 0.1) is 0 Å². The molecule has 278 valence electrons. The van der Waals surface area contributed by atoms with Crippen LogP contribution in [0.4, 0.5) is 0 Å². The molecule has 8 heteroatoms. The quantitative estimate of drug-likeness (QED) is 0.0299. The Morgan fingerprint density at radius 1 is 0.646 bits per heavy atom. The first kappa shape index (κ1) is 45.6. The summed E-state index contributed by atoms with van der Waals surface area (Å²) in [5, 5.41) is 11.6. The highest BCUT2D eigenvalue weighted by atomic mass is 16.6. The first-order valence-corrected chi connectivity index (χ1v) is 19.0. The number of ether oxygens (including phenoxy) is 3. The molecule has 0 bridgehead atoms. The average molecular weight is 678 g/mol. The number of carbonyl (C=O) groups excluding carboxylic acids is 3. The molecule has 0 spiro atoms. The molecule has 0 aliphatic rings. The summed E-state index contributed by atoms with van der Waals surface area (Å²) < 4.78 is 17.1. The van der Waals surface area contributed by atoms with Gasteiger partial charge in [-0.15, -0.1) is 0 Å². The van der Waals surface area contributed by atoms with Crippen LogP contribution in [-0.4, -0.2) is 75.5 Å². The van der Waals surface area contributed by atoms with E-state index in [0.717, 1.165) is 64.2 Å². The predicted octanol–water partition coefficient (Wildman–Crippen LogP) is 8.18. The van der Waals surface area contributed by atoms with Crippen LogP contribution in [0.5, 0.6) is 0 Å². The van der Waals surface area contributed by atoms with Crippen LogP contribution >= 0.6 is 0 Å². The van der Waals surface area contributed by atoms with Gasteiger partial charge in [-0.1, -0.05) is 134 Å². The number of rotatable bonds is 33. The number of hydrogen-bond donors (Lipinski definition) is 0. The summed E-state index contributed by atoms with van der Waals surface area (Å²) in [6, 6.07) is -0.725. The Hall–Kier alpha value is -2.45. The van der Waals surface area contributed by atoms with E-state index in [1.807, 2.05) is 12.2 Å². The van der Waals surface area contributed by atoms with E-state index in [1.165, 1.54) is 51.4 Å². The molecule has 0 saturated heterocycles. The summed E-state index contributed by atoms with van der Waals surface area (Å²) in [6.45, 7) is 4.48. The summed E-state index contributed by atoms with van der Waals surface area (Å²) in [5.41, 5.74) is 0. The predicted molar refractivity (Wildman–Crippen MR) is 194 cm³/mol. The Morgan fingerprint density at radius 2 is 1.17 bits per heavy atom. The minimum atomic E-state index is -1.13. The molecular formula is C40H71NO7. The molecular weight excluding hydrogens is 606 g/mol. The minimum absolute atomic E-state index is 0.0356. The Balaban J connectivity index is 4.45. The van der Waals surface area contributed by atoms with Crippen molar-refractivity contribution in [2.45, 2.75) is 161 Å². The average Bonchev–Trinajstić information content (AvgIpc) is 3.03. The van der Waals surface area contributed by atoms with Crippen LogP contribution in [0.2, 0.25) is 0 Å². The number of likely N-dealkylation sites (N-methyl/N-ethyl adjacent to an activating group) is 1. The number of allylic oxidation sites excluding steroid dienone is 6. The molecule has 2 atom stereocenters. The van der Waals surface area contributed by atoms with Crippen LogP contribution in [0.25, 0.3) is 0 Å². The van der Waals surface area contributed by atoms with Gasteiger partial charge in [0.25, 0.3) is 0 Å². The standard InChI is InChI=1S/C40H71NO7/c1-6-8-10-12-14-16-18-19-21-22-24-26-28-30-38(42)47-35-36(34-46-33-32-37(40(44)45)41(3,4)5)48-39(43)31-29-27-25-23-20-17-15-13-11-9-7-2/h8,10,12,14,16,18,36-37H,6-7,9,11,13,15,17,19-35H2,1-5H3/b10-8+,14-12+,18-16+. The summed E-state index contributed by atoms with van der Waals surface area (Å²) in [6.07, 6.45) is 33.1. The molecule has 0 amide bonds. The number of carbonyl (C=O) groups is 3. The van der Waals surface area contributed by atoms with Gasteiger partial charge in [0.2, 0.25) is 0 Å². The number of nitrogens with zero attached hydrogens (tertiary/aromatic N) is 1. The fourth-order valence-electron chi connectivity index (χ4n) is 5.36. The molecule has 8 nitrogen and oxygen atoms in total. The van der Waals surface area contributed by atoms with Crippen molar-refractivity contribution in [3.8, 4) is 0 Å². The summed E-state index contributed by atoms with van der Waals surface area (Å²) in [7, 11) is 5.39. The summed E-state index contributed by atoms with van der Waals surface area (Å²) >= 11 is 0. The van der Waals surface area contributed by atoms with Crippen molar-refractivity contribution < 1.29 is 38.2 Å². The number of carboxylic acid groups (broad SMARTS) is 1. The lowest BCUT2D eigenvalue weighted by Gasteiger charge is -2.34. The van der Waals surface area contributed by atoms with Gasteiger partial charge >= 0.3 is 11.9 Å². The first-order chi connectivity index (χ1) is 23.1. The van der Waals surface area contributed by atoms with Gasteiger partial charge in [0, 0.05) is 19.3 Å². The van der Waals surface area contributed by atoms with E-state index in [-0.39, 0.29) is 42.7 Å². The minimum Gasteiger partial charge on any atom is -0.544 e. The second-order valence-corrected chi connectivity index (χ2v) is 13.9. The van der Waals surface area contributed by atoms with Crippen LogP contribution in [0.15, 0.2) is 36.5 Å². The Labute approximate surface area is 293 Å². The molecule has 0 saturated carbocycles. The van der Waals surface area contributed by atoms with E-state index in [1.54, 1.807) is 21.1 Å². The Morgan fingerprint density at radius 3 is 1.71 bits per heavy atom. The van der Waals surface area contributed by atoms with Gasteiger partial charge in [-0.3, -0.25) is 9.59 Å². The number of quaternary nitrogens is 1. The van der Waals surface area contributed by atoms with Crippen molar-refractivity contribution in [1.29, 1.82) is 0 Å². The zero-order valence-corrected chi connectivity index (χ0v) is 31.4. The van der Waals surface area contributed by atoms with E-state index in [2.05, 4.69) is 38.2 Å². The SMILES string of the molecule is CC/C=C/C=C/C=C/CCCCCCCC(=O)OCC(COCCC(C(=O)[O-])[N+](C)(C)C)OC(=O)CCCCCCCCCCCCC. The normalized spacial score (nSPS) is 13.4. The first-order valence-electron chi connectivity index (χ1n) is 19.0. The molecule has 0 rings (SSSR count). The molecule has 0 aromatic heterocycles. The summed E-state index contributed by atoms with van der Waals surface area (Å²) in [5.74, 6) is -1.76. The van der Waals surface area contributed by atoms with E-state index >= 15 is 0 Å². The van der Waals surface area contributed by atoms with Gasteiger partial charge in [0.15, 0.2) is 6.10 Å². The van der Waals surface area contributed by atoms with Crippen LogP contribution in [0.1, 0.15) is 149 Å².